The van der Waals surface area contributed by atoms with Crippen LogP contribution in [0.2, 0.25) is 5.02 Å². The third-order valence-electron chi connectivity index (χ3n) is 5.01. The summed E-state index contributed by atoms with van der Waals surface area (Å²) in [5, 5.41) is 13.5. The largest absolute Gasteiger partial charge is 0.490 e. The second-order valence-electron chi connectivity index (χ2n) is 7.38. The number of aryl methyl sites for hydroxylation is 1. The Morgan fingerprint density at radius 2 is 1.81 bits per heavy atom. The van der Waals surface area contributed by atoms with Gasteiger partial charge in [0, 0.05) is 33.9 Å². The summed E-state index contributed by atoms with van der Waals surface area (Å²) in [6, 6.07) is 12.3. The average molecular weight is 467 g/mol. The van der Waals surface area contributed by atoms with Crippen molar-refractivity contribution in [2.75, 3.05) is 13.1 Å². The van der Waals surface area contributed by atoms with Crippen LogP contribution >= 0.6 is 11.6 Å². The van der Waals surface area contributed by atoms with Gasteiger partial charge in [0.1, 0.15) is 11.9 Å². The van der Waals surface area contributed by atoms with E-state index in [1.807, 2.05) is 30.6 Å². The molecule has 1 aliphatic rings. The quantitative estimate of drug-likeness (QED) is 0.523. The van der Waals surface area contributed by atoms with Crippen molar-refractivity contribution in [3.63, 3.8) is 0 Å². The first-order valence-electron chi connectivity index (χ1n) is 9.97. The third kappa shape index (κ3) is 5.89. The van der Waals surface area contributed by atoms with Crippen LogP contribution in [0, 0.1) is 6.92 Å². The van der Waals surface area contributed by atoms with Gasteiger partial charge in [-0.2, -0.15) is 13.2 Å². The predicted octanol–water partition coefficient (Wildman–Crippen LogP) is 5.63. The number of aliphatic carboxylic acids is 1. The van der Waals surface area contributed by atoms with E-state index in [9.17, 15) is 13.2 Å². The first-order chi connectivity index (χ1) is 15.2. The van der Waals surface area contributed by atoms with E-state index in [-0.39, 0.29) is 6.10 Å². The van der Waals surface area contributed by atoms with Gasteiger partial charge >= 0.3 is 12.1 Å². The molecule has 0 amide bonds. The Hall–Kier alpha value is -2.84. The highest BCUT2D eigenvalue weighted by Gasteiger charge is 2.38. The molecule has 0 aliphatic carbocycles. The number of nitrogens with zero attached hydrogens (tertiary/aromatic N) is 1. The molecule has 1 saturated heterocycles. The maximum atomic E-state index is 10.6. The molecule has 1 fully saturated rings. The van der Waals surface area contributed by atoms with Crippen LogP contribution in [-0.2, 0) is 4.79 Å². The number of rotatable bonds is 3. The van der Waals surface area contributed by atoms with Crippen molar-refractivity contribution >= 4 is 28.3 Å². The third-order valence-corrected chi connectivity index (χ3v) is 5.23. The van der Waals surface area contributed by atoms with Crippen LogP contribution in [0.1, 0.15) is 18.4 Å². The molecule has 170 valence electrons. The molecule has 2 heterocycles. The Balaban J connectivity index is 0.000000360. The number of carboxylic acids is 1. The zero-order valence-electron chi connectivity index (χ0n) is 17.2. The number of hydrogen-bond donors (Lipinski definition) is 2. The fourth-order valence-corrected chi connectivity index (χ4v) is 3.77. The molecular weight excluding hydrogens is 445 g/mol. The number of halogens is 4. The van der Waals surface area contributed by atoms with Gasteiger partial charge in [-0.3, -0.25) is 4.98 Å². The highest BCUT2D eigenvalue weighted by Crippen LogP contribution is 2.39. The van der Waals surface area contributed by atoms with E-state index in [1.165, 1.54) is 0 Å². The fraction of sp³-hybridized carbons (Fsp3) is 0.304. The van der Waals surface area contributed by atoms with Gasteiger partial charge in [0.05, 0.1) is 0 Å². The normalized spacial score (nSPS) is 14.5. The number of pyridine rings is 1. The molecule has 0 atom stereocenters. The number of aromatic nitrogens is 1. The van der Waals surface area contributed by atoms with Crippen molar-refractivity contribution in [3.8, 4) is 16.9 Å². The zero-order chi connectivity index (χ0) is 23.3. The van der Waals surface area contributed by atoms with Gasteiger partial charge in [-0.25, -0.2) is 4.79 Å². The Morgan fingerprint density at radius 1 is 1.16 bits per heavy atom. The lowest BCUT2D eigenvalue weighted by atomic mass is 9.98. The van der Waals surface area contributed by atoms with Crippen molar-refractivity contribution in [2.24, 2.45) is 0 Å². The molecule has 3 aromatic rings. The number of ether oxygens (including phenoxy) is 1. The summed E-state index contributed by atoms with van der Waals surface area (Å²) in [7, 11) is 0. The average Bonchev–Trinajstić information content (AvgIpc) is 2.75. The van der Waals surface area contributed by atoms with Gasteiger partial charge in [-0.05, 0) is 55.9 Å². The Morgan fingerprint density at radius 3 is 2.47 bits per heavy atom. The Bertz CT molecular complexity index is 1090. The van der Waals surface area contributed by atoms with Gasteiger partial charge in [0.15, 0.2) is 0 Å². The van der Waals surface area contributed by atoms with Gasteiger partial charge in [-0.1, -0.05) is 35.9 Å². The van der Waals surface area contributed by atoms with Gasteiger partial charge < -0.3 is 15.2 Å². The lowest BCUT2D eigenvalue weighted by molar-refractivity contribution is -0.192. The van der Waals surface area contributed by atoms with E-state index in [0.29, 0.717) is 0 Å². The minimum atomic E-state index is -5.08. The lowest BCUT2D eigenvalue weighted by Crippen LogP contribution is -2.34. The highest BCUT2D eigenvalue weighted by atomic mass is 35.5. The number of nitrogens with one attached hydrogen (secondary N) is 1. The first kappa shape index (κ1) is 23.8. The SMILES string of the molecule is Cc1cc(Cl)cc(-c2cncc3ccccc23)c1OC1CCNCC1.O=C(O)C(F)(F)F. The second kappa shape index (κ2) is 10.2. The van der Waals surface area contributed by atoms with Gasteiger partial charge in [-0.15, -0.1) is 0 Å². The van der Waals surface area contributed by atoms with Crippen molar-refractivity contribution in [1.29, 1.82) is 0 Å². The first-order valence-corrected chi connectivity index (χ1v) is 10.4. The summed E-state index contributed by atoms with van der Waals surface area (Å²) in [4.78, 5) is 13.3. The van der Waals surface area contributed by atoms with Gasteiger partial charge in [0.2, 0.25) is 0 Å². The van der Waals surface area contributed by atoms with Crippen LogP contribution in [0.3, 0.4) is 0 Å². The topological polar surface area (TPSA) is 71.5 Å². The van der Waals surface area contributed by atoms with E-state index in [0.717, 1.165) is 64.2 Å². The number of fused-ring (bicyclic) bond motifs is 1. The maximum Gasteiger partial charge on any atom is 0.490 e. The van der Waals surface area contributed by atoms with Crippen molar-refractivity contribution < 1.29 is 27.8 Å². The maximum absolute atomic E-state index is 10.6. The molecule has 1 aromatic heterocycles. The van der Waals surface area contributed by atoms with Crippen molar-refractivity contribution in [1.82, 2.24) is 10.3 Å². The summed E-state index contributed by atoms with van der Waals surface area (Å²) in [6.45, 7) is 4.06. The predicted molar refractivity (Wildman–Crippen MR) is 117 cm³/mol. The lowest BCUT2D eigenvalue weighted by Gasteiger charge is -2.26. The molecule has 0 spiro atoms. The molecular formula is C23H22ClF3N2O3. The number of benzene rings is 2. The van der Waals surface area contributed by atoms with Crippen LogP contribution in [0.4, 0.5) is 13.2 Å². The summed E-state index contributed by atoms with van der Waals surface area (Å²) < 4.78 is 38.2. The Kier molecular flexibility index (Phi) is 7.58. The van der Waals surface area contributed by atoms with Crippen molar-refractivity contribution in [2.45, 2.75) is 32.0 Å². The minimum absolute atomic E-state index is 0.239. The van der Waals surface area contributed by atoms with E-state index in [4.69, 9.17) is 26.2 Å². The van der Waals surface area contributed by atoms with Crippen LogP contribution < -0.4 is 10.1 Å². The Labute approximate surface area is 188 Å². The molecule has 4 rings (SSSR count). The van der Waals surface area contributed by atoms with E-state index >= 15 is 0 Å². The molecule has 2 N–H and O–H groups in total. The summed E-state index contributed by atoms with van der Waals surface area (Å²) in [5.74, 6) is -1.83. The van der Waals surface area contributed by atoms with E-state index < -0.39 is 12.1 Å². The fourth-order valence-electron chi connectivity index (χ4n) is 3.50. The molecule has 0 radical (unpaired) electrons. The second-order valence-corrected chi connectivity index (χ2v) is 7.81. The summed E-state index contributed by atoms with van der Waals surface area (Å²) in [5.41, 5.74) is 3.15. The van der Waals surface area contributed by atoms with Crippen LogP contribution in [0.5, 0.6) is 5.75 Å². The van der Waals surface area contributed by atoms with Crippen LogP contribution in [0.15, 0.2) is 48.8 Å². The number of hydrogen-bond acceptors (Lipinski definition) is 4. The molecule has 0 saturated carbocycles. The number of piperidine rings is 1. The molecule has 0 bridgehead atoms. The summed E-state index contributed by atoms with van der Waals surface area (Å²) >= 11 is 6.38. The van der Waals surface area contributed by atoms with Crippen LogP contribution in [-0.4, -0.2) is 41.4 Å². The molecule has 5 nitrogen and oxygen atoms in total. The highest BCUT2D eigenvalue weighted by molar-refractivity contribution is 6.31. The van der Waals surface area contributed by atoms with E-state index in [1.54, 1.807) is 0 Å². The van der Waals surface area contributed by atoms with Crippen molar-refractivity contribution in [3.05, 3.63) is 59.4 Å². The number of carboxylic acid groups (broad SMARTS) is 1. The number of alkyl halides is 3. The summed E-state index contributed by atoms with van der Waals surface area (Å²) in [6.07, 6.45) is 1.000. The monoisotopic (exact) mass is 466 g/mol. The molecule has 32 heavy (non-hydrogen) atoms. The smallest absolute Gasteiger partial charge is 0.489 e. The van der Waals surface area contributed by atoms with E-state index in [2.05, 4.69) is 35.4 Å². The molecule has 1 aliphatic heterocycles. The minimum Gasteiger partial charge on any atom is -0.489 e. The van der Waals surface area contributed by atoms with Crippen LogP contribution in [0.25, 0.3) is 21.9 Å². The standard InChI is InChI=1S/C21H21ClN2O.C2HF3O2/c1-14-10-16(22)11-19(21(14)25-17-6-8-23-9-7-17)20-13-24-12-15-4-2-3-5-18(15)20;3-2(4,5)1(6)7/h2-5,10-13,17,23H,6-9H2,1H3;(H,6,7). The molecule has 2 aromatic carbocycles. The zero-order valence-corrected chi connectivity index (χ0v) is 18.0. The number of carbonyl (C=O) groups is 1. The molecule has 9 heteroatoms. The van der Waals surface area contributed by atoms with Gasteiger partial charge in [0.25, 0.3) is 0 Å². The molecule has 0 unspecified atom stereocenters.